The van der Waals surface area contributed by atoms with Crippen molar-refractivity contribution in [1.82, 2.24) is 4.98 Å². The van der Waals surface area contributed by atoms with Gasteiger partial charge in [0.15, 0.2) is 0 Å². The van der Waals surface area contributed by atoms with Crippen LogP contribution >= 0.6 is 0 Å². The van der Waals surface area contributed by atoms with E-state index >= 15 is 0 Å². The minimum absolute atomic E-state index is 0.109. The Morgan fingerprint density at radius 3 is 2.19 bits per heavy atom. The van der Waals surface area contributed by atoms with E-state index < -0.39 is 0 Å². The Hall–Kier alpha value is -2.36. The van der Waals surface area contributed by atoms with Crippen LogP contribution in [-0.2, 0) is 0 Å². The summed E-state index contributed by atoms with van der Waals surface area (Å²) >= 11 is 0. The smallest absolute Gasteiger partial charge is 0.257 e. The van der Waals surface area contributed by atoms with E-state index in [0.29, 0.717) is 5.56 Å². The van der Waals surface area contributed by atoms with Crippen LogP contribution in [0.3, 0.4) is 0 Å². The molecule has 4 aliphatic carbocycles. The van der Waals surface area contributed by atoms with Crippen LogP contribution in [0.5, 0.6) is 0 Å². The summed E-state index contributed by atoms with van der Waals surface area (Å²) < 4.78 is 0. The van der Waals surface area contributed by atoms with Gasteiger partial charge in [-0.25, -0.2) is 0 Å². The first-order valence-corrected chi connectivity index (χ1v) is 10.2. The number of nitrogens with zero attached hydrogens (tertiary/aromatic N) is 1. The van der Waals surface area contributed by atoms with E-state index in [2.05, 4.69) is 21.7 Å². The van der Waals surface area contributed by atoms with E-state index in [1.165, 1.54) is 38.5 Å². The van der Waals surface area contributed by atoms with Crippen LogP contribution in [0.25, 0.3) is 0 Å². The molecule has 6 rings (SSSR count). The molecule has 2 aromatic rings. The molecule has 0 radical (unpaired) electrons. The zero-order valence-corrected chi connectivity index (χ0v) is 15.9. The number of pyridine rings is 1. The van der Waals surface area contributed by atoms with E-state index in [-0.39, 0.29) is 11.4 Å². The van der Waals surface area contributed by atoms with Crippen LogP contribution in [0.4, 0.5) is 11.4 Å². The summed E-state index contributed by atoms with van der Waals surface area (Å²) in [5.41, 5.74) is 3.63. The molecule has 1 aromatic heterocycles. The van der Waals surface area contributed by atoms with Gasteiger partial charge in [-0.05, 0) is 87.5 Å². The molecule has 4 nitrogen and oxygen atoms in total. The molecule has 4 fully saturated rings. The van der Waals surface area contributed by atoms with Gasteiger partial charge in [0.25, 0.3) is 5.91 Å². The molecule has 4 aliphatic rings. The standard InChI is InChI=1S/C23H27N3O/c1-15-6-7-19(14-24-15)22(27)25-20-4-2-3-5-21(20)26-23-11-16-8-17(12-23)10-18(9-16)13-23/h2-7,14,16-18,26H,8-13H2,1H3,(H,25,27). The van der Waals surface area contributed by atoms with Crippen LogP contribution in [0.15, 0.2) is 42.6 Å². The van der Waals surface area contributed by atoms with Gasteiger partial charge in [-0.15, -0.1) is 0 Å². The van der Waals surface area contributed by atoms with E-state index in [4.69, 9.17) is 0 Å². The summed E-state index contributed by atoms with van der Waals surface area (Å²) in [6.45, 7) is 1.92. The van der Waals surface area contributed by atoms with Crippen LogP contribution in [0, 0.1) is 24.7 Å². The van der Waals surface area contributed by atoms with E-state index in [9.17, 15) is 4.79 Å². The van der Waals surface area contributed by atoms with Crippen LogP contribution < -0.4 is 10.6 Å². The lowest BCUT2D eigenvalue weighted by molar-refractivity contribution is 0.0107. The van der Waals surface area contributed by atoms with Crippen molar-refractivity contribution in [3.63, 3.8) is 0 Å². The summed E-state index contributed by atoms with van der Waals surface area (Å²) in [6, 6.07) is 11.8. The maximum atomic E-state index is 12.7. The third-order valence-corrected chi connectivity index (χ3v) is 6.79. The predicted octanol–water partition coefficient (Wildman–Crippen LogP) is 5.02. The van der Waals surface area contributed by atoms with Crippen molar-refractivity contribution in [3.8, 4) is 0 Å². The van der Waals surface area contributed by atoms with Gasteiger partial charge in [-0.2, -0.15) is 0 Å². The van der Waals surface area contributed by atoms with Gasteiger partial charge in [0.1, 0.15) is 0 Å². The number of anilines is 2. The normalized spacial score (nSPS) is 30.9. The van der Waals surface area contributed by atoms with Crippen LogP contribution in [0.2, 0.25) is 0 Å². The molecule has 4 bridgehead atoms. The fraction of sp³-hybridized carbons (Fsp3) is 0.478. The maximum absolute atomic E-state index is 12.7. The molecule has 0 saturated heterocycles. The maximum Gasteiger partial charge on any atom is 0.257 e. The Kier molecular flexibility index (Phi) is 3.96. The molecule has 4 heteroatoms. The minimum atomic E-state index is -0.109. The van der Waals surface area contributed by atoms with Crippen molar-refractivity contribution in [2.45, 2.75) is 51.0 Å². The quantitative estimate of drug-likeness (QED) is 0.804. The second kappa shape index (κ2) is 6.36. The number of amides is 1. The highest BCUT2D eigenvalue weighted by Gasteiger charge is 2.51. The van der Waals surface area contributed by atoms with E-state index in [1.807, 2.05) is 37.3 Å². The molecule has 27 heavy (non-hydrogen) atoms. The average molecular weight is 361 g/mol. The highest BCUT2D eigenvalue weighted by atomic mass is 16.1. The van der Waals surface area contributed by atoms with Gasteiger partial charge in [0.2, 0.25) is 0 Å². The Labute approximate surface area is 160 Å². The fourth-order valence-corrected chi connectivity index (χ4v) is 6.05. The van der Waals surface area contributed by atoms with Gasteiger partial charge < -0.3 is 10.6 Å². The molecule has 140 valence electrons. The lowest BCUT2D eigenvalue weighted by Gasteiger charge is -2.57. The van der Waals surface area contributed by atoms with E-state index in [0.717, 1.165) is 34.8 Å². The van der Waals surface area contributed by atoms with Crippen molar-refractivity contribution in [2.75, 3.05) is 10.6 Å². The van der Waals surface area contributed by atoms with Gasteiger partial charge >= 0.3 is 0 Å². The Morgan fingerprint density at radius 2 is 1.59 bits per heavy atom. The number of aromatic nitrogens is 1. The van der Waals surface area contributed by atoms with Crippen molar-refractivity contribution < 1.29 is 4.79 Å². The van der Waals surface area contributed by atoms with Crippen molar-refractivity contribution in [3.05, 3.63) is 53.9 Å². The zero-order chi connectivity index (χ0) is 18.4. The molecule has 0 atom stereocenters. The first-order valence-electron chi connectivity index (χ1n) is 10.2. The number of benzene rings is 1. The molecular formula is C23H27N3O. The summed E-state index contributed by atoms with van der Waals surface area (Å²) in [6.07, 6.45) is 9.77. The molecule has 4 saturated carbocycles. The summed E-state index contributed by atoms with van der Waals surface area (Å²) in [5, 5.41) is 6.98. The topological polar surface area (TPSA) is 54.0 Å². The second-order valence-electron chi connectivity index (χ2n) is 9.01. The number of hydrogen-bond donors (Lipinski definition) is 2. The highest BCUT2D eigenvalue weighted by molar-refractivity contribution is 6.05. The summed E-state index contributed by atoms with van der Waals surface area (Å²) in [4.78, 5) is 16.9. The van der Waals surface area contributed by atoms with Crippen molar-refractivity contribution in [1.29, 1.82) is 0 Å². The second-order valence-corrected chi connectivity index (χ2v) is 9.01. The van der Waals surface area contributed by atoms with Crippen LogP contribution in [0.1, 0.15) is 54.6 Å². The third kappa shape index (κ3) is 3.22. The lowest BCUT2D eigenvalue weighted by atomic mass is 9.53. The molecule has 1 heterocycles. The molecule has 0 unspecified atom stereocenters. The third-order valence-electron chi connectivity index (χ3n) is 6.79. The minimum Gasteiger partial charge on any atom is -0.378 e. The largest absolute Gasteiger partial charge is 0.378 e. The predicted molar refractivity (Wildman–Crippen MR) is 108 cm³/mol. The SMILES string of the molecule is Cc1ccc(C(=O)Nc2ccccc2NC23CC4CC(CC(C4)C2)C3)cn1. The first kappa shape index (κ1) is 16.8. The van der Waals surface area contributed by atoms with Gasteiger partial charge in [-0.3, -0.25) is 9.78 Å². The van der Waals surface area contributed by atoms with Crippen LogP contribution in [-0.4, -0.2) is 16.4 Å². The molecular weight excluding hydrogens is 334 g/mol. The Bertz CT molecular complexity index is 823. The number of aryl methyl sites for hydroxylation is 1. The molecule has 1 aromatic carbocycles. The number of rotatable bonds is 4. The van der Waals surface area contributed by atoms with Crippen molar-refractivity contribution >= 4 is 17.3 Å². The molecule has 2 N–H and O–H groups in total. The Balaban J connectivity index is 1.37. The van der Waals surface area contributed by atoms with Gasteiger partial charge in [-0.1, -0.05) is 12.1 Å². The number of para-hydroxylation sites is 2. The fourth-order valence-electron chi connectivity index (χ4n) is 6.05. The highest BCUT2D eigenvalue weighted by Crippen LogP contribution is 2.56. The Morgan fingerprint density at radius 1 is 0.963 bits per heavy atom. The molecule has 1 amide bonds. The zero-order valence-electron chi connectivity index (χ0n) is 15.9. The first-order chi connectivity index (χ1) is 13.1. The number of carbonyl (C=O) groups excluding carboxylic acids is 1. The number of nitrogens with one attached hydrogen (secondary N) is 2. The number of hydrogen-bond acceptors (Lipinski definition) is 3. The monoisotopic (exact) mass is 361 g/mol. The average Bonchev–Trinajstić information content (AvgIpc) is 2.62. The molecule has 0 spiro atoms. The van der Waals surface area contributed by atoms with Gasteiger partial charge in [0.05, 0.1) is 16.9 Å². The summed E-state index contributed by atoms with van der Waals surface area (Å²) in [7, 11) is 0. The van der Waals surface area contributed by atoms with Gasteiger partial charge in [0, 0.05) is 17.4 Å². The van der Waals surface area contributed by atoms with E-state index in [1.54, 1.807) is 6.20 Å². The summed E-state index contributed by atoms with van der Waals surface area (Å²) in [5.74, 6) is 2.57. The number of carbonyl (C=O) groups is 1. The van der Waals surface area contributed by atoms with Crippen molar-refractivity contribution in [2.24, 2.45) is 17.8 Å². The molecule has 0 aliphatic heterocycles. The lowest BCUT2D eigenvalue weighted by Crippen LogP contribution is -2.54.